The van der Waals surface area contributed by atoms with E-state index < -0.39 is 11.7 Å². The largest absolute Gasteiger partial charge is 0.444 e. The van der Waals surface area contributed by atoms with Crippen LogP contribution in [-0.4, -0.2) is 29.4 Å². The van der Waals surface area contributed by atoms with E-state index in [1.165, 1.54) is 0 Å². The highest BCUT2D eigenvalue weighted by molar-refractivity contribution is 5.71. The molecule has 1 aromatic carbocycles. The number of hydrogen-bond acceptors (Lipinski definition) is 4. The van der Waals surface area contributed by atoms with E-state index in [9.17, 15) is 9.59 Å². The highest BCUT2D eigenvalue weighted by atomic mass is 16.6. The van der Waals surface area contributed by atoms with Crippen molar-refractivity contribution < 1.29 is 14.3 Å². The molecule has 1 fully saturated rings. The average Bonchev–Trinajstić information content (AvgIpc) is 2.90. The zero-order valence-electron chi connectivity index (χ0n) is 13.1. The quantitative estimate of drug-likeness (QED) is 0.787. The fourth-order valence-electron chi connectivity index (χ4n) is 2.59. The Bertz CT molecular complexity index is 596. The molecule has 0 spiro atoms. The zero-order valence-corrected chi connectivity index (χ0v) is 13.1. The van der Waals surface area contributed by atoms with Crippen molar-refractivity contribution in [3.05, 3.63) is 35.4 Å². The first-order chi connectivity index (χ1) is 10.3. The first kappa shape index (κ1) is 16.0. The maximum Gasteiger partial charge on any atom is 0.410 e. The third-order valence-electron chi connectivity index (χ3n) is 3.58. The van der Waals surface area contributed by atoms with Crippen molar-refractivity contribution in [3.8, 4) is 6.07 Å². The van der Waals surface area contributed by atoms with Crippen LogP contribution in [-0.2, 0) is 9.53 Å². The fraction of sp³-hybridized carbons (Fsp3) is 0.471. The maximum absolute atomic E-state index is 12.4. The van der Waals surface area contributed by atoms with Gasteiger partial charge in [-0.3, -0.25) is 0 Å². The van der Waals surface area contributed by atoms with Crippen LogP contribution in [0.2, 0.25) is 0 Å². The number of amides is 1. The van der Waals surface area contributed by atoms with Gasteiger partial charge in [0, 0.05) is 12.5 Å². The average molecular weight is 300 g/mol. The molecule has 1 heterocycles. The lowest BCUT2D eigenvalue weighted by Gasteiger charge is -2.28. The van der Waals surface area contributed by atoms with Crippen LogP contribution < -0.4 is 0 Å². The van der Waals surface area contributed by atoms with E-state index in [0.29, 0.717) is 18.5 Å². The second kappa shape index (κ2) is 6.18. The summed E-state index contributed by atoms with van der Waals surface area (Å²) >= 11 is 0. The number of carbonyl (C=O) groups is 2. The van der Waals surface area contributed by atoms with Crippen LogP contribution in [0.3, 0.4) is 0 Å². The predicted octanol–water partition coefficient (Wildman–Crippen LogP) is 3.06. The normalized spacial score (nSPS) is 21.3. The van der Waals surface area contributed by atoms with Gasteiger partial charge in [0.05, 0.1) is 17.7 Å². The SMILES string of the molecule is CC(C)(C)OC(=O)N1CC(C=O)CC1c1ccc(C#N)cc1. The molecule has 0 saturated carbocycles. The van der Waals surface area contributed by atoms with Crippen molar-refractivity contribution in [2.75, 3.05) is 6.54 Å². The number of nitriles is 1. The summed E-state index contributed by atoms with van der Waals surface area (Å²) < 4.78 is 5.43. The summed E-state index contributed by atoms with van der Waals surface area (Å²) in [4.78, 5) is 25.1. The van der Waals surface area contributed by atoms with Crippen LogP contribution >= 0.6 is 0 Å². The Morgan fingerprint density at radius 2 is 2.00 bits per heavy atom. The molecule has 2 unspecified atom stereocenters. The van der Waals surface area contributed by atoms with E-state index in [1.807, 2.05) is 32.9 Å². The highest BCUT2D eigenvalue weighted by Crippen LogP contribution is 2.35. The fourth-order valence-corrected chi connectivity index (χ4v) is 2.59. The van der Waals surface area contributed by atoms with Crippen LogP contribution in [0.15, 0.2) is 24.3 Å². The molecule has 1 amide bonds. The van der Waals surface area contributed by atoms with Gasteiger partial charge in [0.25, 0.3) is 0 Å². The Labute approximate surface area is 130 Å². The lowest BCUT2D eigenvalue weighted by Crippen LogP contribution is -2.36. The third kappa shape index (κ3) is 3.64. The van der Waals surface area contributed by atoms with Crippen molar-refractivity contribution in [1.29, 1.82) is 5.26 Å². The van der Waals surface area contributed by atoms with Crippen molar-refractivity contribution >= 4 is 12.4 Å². The molecule has 22 heavy (non-hydrogen) atoms. The molecule has 2 atom stereocenters. The van der Waals surface area contributed by atoms with Gasteiger partial charge in [-0.1, -0.05) is 12.1 Å². The molecule has 116 valence electrons. The van der Waals surface area contributed by atoms with Crippen LogP contribution in [0, 0.1) is 17.2 Å². The minimum Gasteiger partial charge on any atom is -0.444 e. The van der Waals surface area contributed by atoms with E-state index in [1.54, 1.807) is 17.0 Å². The summed E-state index contributed by atoms with van der Waals surface area (Å²) in [5, 5.41) is 8.86. The van der Waals surface area contributed by atoms with E-state index in [2.05, 4.69) is 6.07 Å². The van der Waals surface area contributed by atoms with Gasteiger partial charge in [0.1, 0.15) is 11.9 Å². The Morgan fingerprint density at radius 3 is 2.50 bits per heavy atom. The molecule has 2 rings (SSSR count). The minimum atomic E-state index is -0.578. The number of nitrogens with zero attached hydrogens (tertiary/aromatic N) is 2. The molecule has 0 aromatic heterocycles. The molecule has 1 aromatic rings. The van der Waals surface area contributed by atoms with Gasteiger partial charge in [0.15, 0.2) is 0 Å². The highest BCUT2D eigenvalue weighted by Gasteiger charge is 2.38. The van der Waals surface area contributed by atoms with Crippen LogP contribution in [0.4, 0.5) is 4.79 Å². The van der Waals surface area contributed by atoms with E-state index in [4.69, 9.17) is 10.00 Å². The Kier molecular flexibility index (Phi) is 4.51. The number of ether oxygens (including phenoxy) is 1. The zero-order chi connectivity index (χ0) is 16.3. The summed E-state index contributed by atoms with van der Waals surface area (Å²) in [6.07, 6.45) is 1.06. The lowest BCUT2D eigenvalue weighted by molar-refractivity contribution is -0.110. The Balaban J connectivity index is 2.24. The summed E-state index contributed by atoms with van der Waals surface area (Å²) in [5.74, 6) is -0.187. The number of aldehydes is 1. The summed E-state index contributed by atoms with van der Waals surface area (Å²) in [6, 6.07) is 8.96. The van der Waals surface area contributed by atoms with E-state index in [0.717, 1.165) is 11.8 Å². The molecule has 1 aliphatic heterocycles. The standard InChI is InChI=1S/C17H20N2O3/c1-17(2,3)22-16(21)19-10-13(11-20)8-15(19)14-6-4-12(9-18)5-7-14/h4-7,11,13,15H,8,10H2,1-3H3. The van der Waals surface area contributed by atoms with Gasteiger partial charge in [0.2, 0.25) is 0 Å². The van der Waals surface area contributed by atoms with Crippen molar-refractivity contribution in [1.82, 2.24) is 4.90 Å². The number of benzene rings is 1. The van der Waals surface area contributed by atoms with Gasteiger partial charge in [-0.05, 0) is 44.9 Å². The number of likely N-dealkylation sites (tertiary alicyclic amines) is 1. The Morgan fingerprint density at radius 1 is 1.36 bits per heavy atom. The Hall–Kier alpha value is -2.35. The molecular formula is C17H20N2O3. The van der Waals surface area contributed by atoms with E-state index >= 15 is 0 Å². The van der Waals surface area contributed by atoms with Gasteiger partial charge >= 0.3 is 6.09 Å². The molecular weight excluding hydrogens is 280 g/mol. The summed E-state index contributed by atoms with van der Waals surface area (Å²) in [5.41, 5.74) is 0.901. The smallest absolute Gasteiger partial charge is 0.410 e. The second-order valence-electron chi connectivity index (χ2n) is 6.51. The minimum absolute atomic E-state index is 0.187. The van der Waals surface area contributed by atoms with Crippen molar-refractivity contribution in [2.24, 2.45) is 5.92 Å². The lowest BCUT2D eigenvalue weighted by atomic mass is 10.00. The molecule has 1 saturated heterocycles. The summed E-state index contributed by atoms with van der Waals surface area (Å²) in [7, 11) is 0. The van der Waals surface area contributed by atoms with Crippen LogP contribution in [0.1, 0.15) is 44.4 Å². The van der Waals surface area contributed by atoms with Gasteiger partial charge < -0.3 is 14.4 Å². The van der Waals surface area contributed by atoms with Crippen molar-refractivity contribution in [3.63, 3.8) is 0 Å². The van der Waals surface area contributed by atoms with E-state index in [-0.39, 0.29) is 12.0 Å². The number of carbonyl (C=O) groups excluding carboxylic acids is 2. The molecule has 0 aliphatic carbocycles. The monoisotopic (exact) mass is 300 g/mol. The molecule has 5 heteroatoms. The summed E-state index contributed by atoms with van der Waals surface area (Å²) in [6.45, 7) is 5.81. The topological polar surface area (TPSA) is 70.4 Å². The molecule has 0 bridgehead atoms. The molecule has 0 radical (unpaired) electrons. The predicted molar refractivity (Wildman–Crippen MR) is 81.0 cm³/mol. The van der Waals surface area contributed by atoms with Crippen molar-refractivity contribution in [2.45, 2.75) is 38.8 Å². The number of hydrogen-bond donors (Lipinski definition) is 0. The van der Waals surface area contributed by atoms with Gasteiger partial charge in [-0.2, -0.15) is 5.26 Å². The number of rotatable bonds is 2. The molecule has 5 nitrogen and oxygen atoms in total. The van der Waals surface area contributed by atoms with Crippen LogP contribution in [0.25, 0.3) is 0 Å². The third-order valence-corrected chi connectivity index (χ3v) is 3.58. The first-order valence-corrected chi connectivity index (χ1v) is 7.29. The molecule has 0 N–H and O–H groups in total. The molecule has 1 aliphatic rings. The van der Waals surface area contributed by atoms with Crippen LogP contribution in [0.5, 0.6) is 0 Å². The van der Waals surface area contributed by atoms with Gasteiger partial charge in [-0.25, -0.2) is 4.79 Å². The maximum atomic E-state index is 12.4. The first-order valence-electron chi connectivity index (χ1n) is 7.29. The van der Waals surface area contributed by atoms with Gasteiger partial charge in [-0.15, -0.1) is 0 Å². The second-order valence-corrected chi connectivity index (χ2v) is 6.51.